The maximum absolute atomic E-state index is 12.5. The number of hydrogen-bond donors (Lipinski definition) is 2. The van der Waals surface area contributed by atoms with Crippen LogP contribution in [0.1, 0.15) is 18.9 Å². The monoisotopic (exact) mass is 359 g/mol. The fourth-order valence-corrected chi connectivity index (χ4v) is 3.17. The average Bonchev–Trinajstić information content (AvgIpc) is 2.99. The van der Waals surface area contributed by atoms with Crippen LogP contribution in [0, 0.1) is 0 Å². The zero-order valence-corrected chi connectivity index (χ0v) is 15.1. The predicted octanol–water partition coefficient (Wildman–Crippen LogP) is 0.751. The van der Waals surface area contributed by atoms with Crippen LogP contribution in [-0.4, -0.2) is 66.7 Å². The van der Waals surface area contributed by atoms with Crippen molar-refractivity contribution in [2.75, 3.05) is 26.8 Å². The van der Waals surface area contributed by atoms with Crippen molar-refractivity contribution in [1.29, 1.82) is 0 Å². The number of ether oxygens (including phenoxy) is 1. The van der Waals surface area contributed by atoms with E-state index in [1.54, 1.807) is 7.05 Å². The Morgan fingerprint density at radius 1 is 1.23 bits per heavy atom. The summed E-state index contributed by atoms with van der Waals surface area (Å²) in [5.41, 5.74) is 1.07. The van der Waals surface area contributed by atoms with Crippen LogP contribution in [-0.2, 0) is 16.1 Å². The normalized spacial score (nSPS) is 23.8. The van der Waals surface area contributed by atoms with Gasteiger partial charge >= 0.3 is 6.03 Å². The van der Waals surface area contributed by atoms with Crippen molar-refractivity contribution in [3.8, 4) is 0 Å². The van der Waals surface area contributed by atoms with Crippen LogP contribution in [0.4, 0.5) is 4.79 Å². The van der Waals surface area contributed by atoms with Gasteiger partial charge in [0.25, 0.3) is 5.91 Å². The van der Waals surface area contributed by atoms with Crippen LogP contribution in [0.5, 0.6) is 0 Å². The number of fused-ring (bicyclic) bond motifs is 1. The number of carbonyl (C=O) groups is 2. The molecule has 0 aliphatic carbocycles. The van der Waals surface area contributed by atoms with E-state index in [4.69, 9.17) is 4.74 Å². The topological polar surface area (TPSA) is 86.3 Å². The van der Waals surface area contributed by atoms with E-state index < -0.39 is 18.2 Å². The third kappa shape index (κ3) is 3.80. The number of aliphatic imine (C=N–C) groups is 1. The van der Waals surface area contributed by atoms with E-state index in [-0.39, 0.29) is 5.91 Å². The lowest BCUT2D eigenvalue weighted by atomic mass is 10.1. The second-order valence-electron chi connectivity index (χ2n) is 6.31. The molecule has 2 atom stereocenters. The summed E-state index contributed by atoms with van der Waals surface area (Å²) in [5, 5.41) is 5.66. The van der Waals surface area contributed by atoms with Crippen molar-refractivity contribution in [2.45, 2.75) is 32.1 Å². The first-order valence-corrected chi connectivity index (χ1v) is 8.88. The lowest BCUT2D eigenvalue weighted by Gasteiger charge is -2.35. The smallest absolute Gasteiger partial charge is 0.325 e. The summed E-state index contributed by atoms with van der Waals surface area (Å²) >= 11 is 0. The molecule has 2 unspecified atom stereocenters. The van der Waals surface area contributed by atoms with Crippen LogP contribution < -0.4 is 10.6 Å². The van der Waals surface area contributed by atoms with Gasteiger partial charge in [0.2, 0.25) is 0 Å². The molecule has 2 aliphatic heterocycles. The van der Waals surface area contributed by atoms with Crippen molar-refractivity contribution in [2.24, 2.45) is 4.99 Å². The zero-order chi connectivity index (χ0) is 18.5. The van der Waals surface area contributed by atoms with E-state index >= 15 is 0 Å². The molecule has 2 aliphatic rings. The molecule has 140 valence electrons. The Kier molecular flexibility index (Phi) is 5.72. The zero-order valence-electron chi connectivity index (χ0n) is 15.1. The minimum Gasteiger partial charge on any atom is -0.382 e. The van der Waals surface area contributed by atoms with Crippen LogP contribution in [0.15, 0.2) is 35.3 Å². The largest absolute Gasteiger partial charge is 0.382 e. The summed E-state index contributed by atoms with van der Waals surface area (Å²) in [7, 11) is 1.67. The molecular weight excluding hydrogens is 334 g/mol. The van der Waals surface area contributed by atoms with Gasteiger partial charge in [-0.05, 0) is 18.9 Å². The lowest BCUT2D eigenvalue weighted by molar-refractivity contribution is -0.127. The van der Waals surface area contributed by atoms with Crippen LogP contribution in [0.25, 0.3) is 0 Å². The Morgan fingerprint density at radius 2 is 2.00 bits per heavy atom. The Morgan fingerprint density at radius 3 is 2.73 bits per heavy atom. The molecule has 26 heavy (non-hydrogen) atoms. The van der Waals surface area contributed by atoms with E-state index in [1.165, 1.54) is 4.90 Å². The number of guanidine groups is 1. The summed E-state index contributed by atoms with van der Waals surface area (Å²) in [6.07, 6.45) is 0.375. The first kappa shape index (κ1) is 18.2. The lowest BCUT2D eigenvalue weighted by Crippen LogP contribution is -2.64. The van der Waals surface area contributed by atoms with Crippen LogP contribution in [0.2, 0.25) is 0 Å². The highest BCUT2D eigenvalue weighted by atomic mass is 16.5. The fourth-order valence-electron chi connectivity index (χ4n) is 3.17. The molecule has 1 aromatic rings. The van der Waals surface area contributed by atoms with Gasteiger partial charge in [-0.1, -0.05) is 30.3 Å². The number of urea groups is 1. The van der Waals surface area contributed by atoms with Crippen molar-refractivity contribution in [1.82, 2.24) is 20.4 Å². The van der Waals surface area contributed by atoms with E-state index in [0.29, 0.717) is 32.3 Å². The van der Waals surface area contributed by atoms with Gasteiger partial charge in [-0.25, -0.2) is 4.79 Å². The van der Waals surface area contributed by atoms with Gasteiger partial charge in [0.15, 0.2) is 12.0 Å². The molecule has 0 radical (unpaired) electrons. The molecule has 0 aromatic heterocycles. The highest BCUT2D eigenvalue weighted by Crippen LogP contribution is 2.22. The predicted molar refractivity (Wildman–Crippen MR) is 97.4 cm³/mol. The van der Waals surface area contributed by atoms with E-state index in [9.17, 15) is 9.59 Å². The van der Waals surface area contributed by atoms with E-state index in [2.05, 4.69) is 15.6 Å². The number of benzene rings is 1. The molecule has 0 bridgehead atoms. The molecule has 3 amide bonds. The molecule has 0 saturated carbocycles. The summed E-state index contributed by atoms with van der Waals surface area (Å²) in [5.74, 6) is 0.332. The number of rotatable bonds is 7. The molecule has 2 saturated heterocycles. The van der Waals surface area contributed by atoms with Gasteiger partial charge in [-0.2, -0.15) is 0 Å². The van der Waals surface area contributed by atoms with Crippen molar-refractivity contribution < 1.29 is 14.3 Å². The van der Waals surface area contributed by atoms with Crippen LogP contribution in [0.3, 0.4) is 0 Å². The molecular formula is C18H25N5O3. The van der Waals surface area contributed by atoms with E-state index in [1.807, 2.05) is 42.2 Å². The summed E-state index contributed by atoms with van der Waals surface area (Å²) < 4.78 is 5.34. The first-order chi connectivity index (χ1) is 12.6. The number of nitrogens with zero attached hydrogens (tertiary/aromatic N) is 3. The van der Waals surface area contributed by atoms with E-state index in [0.717, 1.165) is 12.0 Å². The number of hydrogen-bond acceptors (Lipinski definition) is 4. The molecule has 2 heterocycles. The maximum Gasteiger partial charge on any atom is 0.325 e. The van der Waals surface area contributed by atoms with Gasteiger partial charge in [-0.15, -0.1) is 0 Å². The average molecular weight is 359 g/mol. The summed E-state index contributed by atoms with van der Waals surface area (Å²) in [6, 6.07) is 8.99. The van der Waals surface area contributed by atoms with Gasteiger partial charge < -0.3 is 19.9 Å². The highest BCUT2D eigenvalue weighted by molar-refractivity contribution is 6.04. The fraction of sp³-hybridized carbons (Fsp3) is 0.500. The number of amides is 3. The van der Waals surface area contributed by atoms with Gasteiger partial charge in [0.05, 0.1) is 0 Å². The molecule has 0 spiro atoms. The Bertz CT molecular complexity index is 679. The highest BCUT2D eigenvalue weighted by Gasteiger charge is 2.49. The number of carbonyl (C=O) groups excluding carboxylic acids is 2. The van der Waals surface area contributed by atoms with Crippen LogP contribution >= 0.6 is 0 Å². The Labute approximate surface area is 153 Å². The third-order valence-corrected chi connectivity index (χ3v) is 4.53. The van der Waals surface area contributed by atoms with Gasteiger partial charge in [0, 0.05) is 33.4 Å². The minimum atomic E-state index is -0.511. The molecule has 1 aromatic carbocycles. The second-order valence-corrected chi connectivity index (χ2v) is 6.31. The van der Waals surface area contributed by atoms with Gasteiger partial charge in [-0.3, -0.25) is 15.1 Å². The van der Waals surface area contributed by atoms with Crippen molar-refractivity contribution in [3.63, 3.8) is 0 Å². The standard InChI is InChI=1S/C18H25N5O3/c1-3-26-11-7-10-19-17-20-15-14(16(24)21-18(25)22(15)2)23(17)12-13-8-5-4-6-9-13/h4-6,8-9,14-15H,3,7,10-12H2,1-2H3,(H,19,20)(H,21,24,25). The quantitative estimate of drug-likeness (QED) is 0.702. The molecule has 2 fully saturated rings. The Hall–Kier alpha value is -2.61. The summed E-state index contributed by atoms with van der Waals surface area (Å²) in [4.78, 5) is 32.5. The molecule has 8 heteroatoms. The SMILES string of the molecule is CCOCCCN=C1NC2C(C(=O)NC(=O)N2C)N1Cc1ccccc1. The maximum atomic E-state index is 12.5. The molecule has 3 rings (SSSR count). The Balaban J connectivity index is 1.80. The minimum absolute atomic E-state index is 0.305. The van der Waals surface area contributed by atoms with Crippen molar-refractivity contribution >= 4 is 17.9 Å². The first-order valence-electron chi connectivity index (χ1n) is 8.88. The van der Waals surface area contributed by atoms with Gasteiger partial charge in [0.1, 0.15) is 6.17 Å². The number of nitrogens with one attached hydrogen (secondary N) is 2. The third-order valence-electron chi connectivity index (χ3n) is 4.53. The number of likely N-dealkylation sites (N-methyl/N-ethyl adjacent to an activating group) is 1. The summed E-state index contributed by atoms with van der Waals surface area (Å²) in [6.45, 7) is 4.42. The molecule has 8 nitrogen and oxygen atoms in total. The van der Waals surface area contributed by atoms with Crippen molar-refractivity contribution in [3.05, 3.63) is 35.9 Å². The second kappa shape index (κ2) is 8.18. The number of imide groups is 1. The molecule has 2 N–H and O–H groups in total.